The molecule has 2 aromatic rings. The highest BCUT2D eigenvalue weighted by molar-refractivity contribution is 7.09. The molecule has 5 nitrogen and oxygen atoms in total. The van der Waals surface area contributed by atoms with E-state index in [1.54, 1.807) is 29.7 Å². The van der Waals surface area contributed by atoms with Crippen molar-refractivity contribution in [1.82, 2.24) is 15.3 Å². The lowest BCUT2D eigenvalue weighted by Crippen LogP contribution is -2.26. The minimum Gasteiger partial charge on any atom is -0.356 e. The Morgan fingerprint density at radius 1 is 1.33 bits per heavy atom. The van der Waals surface area contributed by atoms with Crippen LogP contribution in [0.2, 0.25) is 0 Å². The van der Waals surface area contributed by atoms with Gasteiger partial charge in [0.2, 0.25) is 5.91 Å². The number of ketones is 1. The minimum absolute atomic E-state index is 0.0617. The number of Topliss-reactive ketones (excluding diaryl/α,β-unsaturated/α-hetero) is 1. The average molecular weight is 303 g/mol. The van der Waals surface area contributed by atoms with E-state index in [1.165, 1.54) is 6.20 Å². The first-order valence-electron chi connectivity index (χ1n) is 6.76. The van der Waals surface area contributed by atoms with E-state index in [4.69, 9.17) is 0 Å². The lowest BCUT2D eigenvalue weighted by Gasteiger charge is -2.04. The summed E-state index contributed by atoms with van der Waals surface area (Å²) in [6, 6.07) is 3.42. The molecule has 0 bridgehead atoms. The molecular weight excluding hydrogens is 286 g/mol. The van der Waals surface area contributed by atoms with Crippen molar-refractivity contribution in [2.45, 2.75) is 26.2 Å². The first kappa shape index (κ1) is 15.3. The molecule has 21 heavy (non-hydrogen) atoms. The molecule has 1 N–H and O–H groups in total. The summed E-state index contributed by atoms with van der Waals surface area (Å²) < 4.78 is 0. The first-order valence-corrected chi connectivity index (χ1v) is 7.64. The summed E-state index contributed by atoms with van der Waals surface area (Å²) in [7, 11) is 0. The third-order valence-corrected chi connectivity index (χ3v) is 3.75. The van der Waals surface area contributed by atoms with Crippen LogP contribution in [-0.2, 0) is 11.2 Å². The second kappa shape index (κ2) is 7.64. The summed E-state index contributed by atoms with van der Waals surface area (Å²) in [5.74, 6) is -0.174. The number of thiazole rings is 1. The number of nitrogens with zero attached hydrogens (tertiary/aromatic N) is 2. The maximum atomic E-state index is 11.8. The van der Waals surface area contributed by atoms with Crippen LogP contribution in [-0.4, -0.2) is 28.2 Å². The summed E-state index contributed by atoms with van der Waals surface area (Å²) in [4.78, 5) is 31.7. The van der Waals surface area contributed by atoms with E-state index in [0.29, 0.717) is 18.5 Å². The van der Waals surface area contributed by atoms with Crippen molar-refractivity contribution in [2.75, 3.05) is 6.54 Å². The third-order valence-electron chi connectivity index (χ3n) is 2.93. The Morgan fingerprint density at radius 2 is 2.19 bits per heavy atom. The highest BCUT2D eigenvalue weighted by atomic mass is 32.1. The second-order valence-electron chi connectivity index (χ2n) is 4.62. The van der Waals surface area contributed by atoms with E-state index < -0.39 is 0 Å². The van der Waals surface area contributed by atoms with Crippen LogP contribution in [0.15, 0.2) is 29.9 Å². The zero-order chi connectivity index (χ0) is 15.1. The SMILES string of the molecule is Cc1nc(CCNC(=O)CCC(=O)c2cccnc2)cs1. The van der Waals surface area contributed by atoms with Gasteiger partial charge in [-0.25, -0.2) is 4.98 Å². The number of amides is 1. The normalized spacial score (nSPS) is 10.3. The van der Waals surface area contributed by atoms with Crippen LogP contribution in [0.3, 0.4) is 0 Å². The van der Waals surface area contributed by atoms with E-state index in [9.17, 15) is 9.59 Å². The molecule has 0 spiro atoms. The molecule has 110 valence electrons. The lowest BCUT2D eigenvalue weighted by atomic mass is 10.1. The predicted octanol–water partition coefficient (Wildman–Crippen LogP) is 2.17. The quantitative estimate of drug-likeness (QED) is 0.796. The van der Waals surface area contributed by atoms with Gasteiger partial charge in [0, 0.05) is 49.1 Å². The molecule has 0 unspecified atom stereocenters. The Bertz CT molecular complexity index is 610. The van der Waals surface area contributed by atoms with Gasteiger partial charge in [0.05, 0.1) is 10.7 Å². The molecule has 2 aromatic heterocycles. The third kappa shape index (κ3) is 5.07. The van der Waals surface area contributed by atoms with E-state index in [0.717, 1.165) is 10.7 Å². The fourth-order valence-corrected chi connectivity index (χ4v) is 2.49. The molecule has 2 heterocycles. The Morgan fingerprint density at radius 3 is 2.86 bits per heavy atom. The fourth-order valence-electron chi connectivity index (χ4n) is 1.84. The highest BCUT2D eigenvalue weighted by Crippen LogP contribution is 2.08. The molecular formula is C15H17N3O2S. The van der Waals surface area contributed by atoms with Crippen molar-refractivity contribution in [3.8, 4) is 0 Å². The summed E-state index contributed by atoms with van der Waals surface area (Å²) >= 11 is 1.60. The van der Waals surface area contributed by atoms with Gasteiger partial charge in [-0.2, -0.15) is 0 Å². The van der Waals surface area contributed by atoms with E-state index >= 15 is 0 Å². The van der Waals surface area contributed by atoms with Crippen LogP contribution in [0.1, 0.15) is 33.9 Å². The number of hydrogen-bond donors (Lipinski definition) is 1. The number of carbonyl (C=O) groups is 2. The van der Waals surface area contributed by atoms with Gasteiger partial charge in [0.15, 0.2) is 5.78 Å². The van der Waals surface area contributed by atoms with Crippen molar-refractivity contribution in [1.29, 1.82) is 0 Å². The van der Waals surface area contributed by atoms with E-state index in [2.05, 4.69) is 15.3 Å². The summed E-state index contributed by atoms with van der Waals surface area (Å²) in [5, 5.41) is 5.82. The fraction of sp³-hybridized carbons (Fsp3) is 0.333. The van der Waals surface area contributed by atoms with Gasteiger partial charge in [0.1, 0.15) is 0 Å². The van der Waals surface area contributed by atoms with Crippen LogP contribution in [0.4, 0.5) is 0 Å². The van der Waals surface area contributed by atoms with Crippen LogP contribution in [0, 0.1) is 6.92 Å². The molecule has 0 aliphatic rings. The van der Waals surface area contributed by atoms with Crippen molar-refractivity contribution in [3.63, 3.8) is 0 Å². The monoisotopic (exact) mass is 303 g/mol. The molecule has 0 saturated heterocycles. The molecule has 0 atom stereocenters. The van der Waals surface area contributed by atoms with Gasteiger partial charge >= 0.3 is 0 Å². The standard InChI is InChI=1S/C15H17N3O2S/c1-11-18-13(10-21-11)6-8-17-15(20)5-4-14(19)12-3-2-7-16-9-12/h2-3,7,9-10H,4-6,8H2,1H3,(H,17,20). The summed E-state index contributed by atoms with van der Waals surface area (Å²) in [6.45, 7) is 2.50. The van der Waals surface area contributed by atoms with Crippen LogP contribution >= 0.6 is 11.3 Å². The lowest BCUT2D eigenvalue weighted by molar-refractivity contribution is -0.121. The molecule has 0 fully saturated rings. The zero-order valence-electron chi connectivity index (χ0n) is 11.8. The number of carbonyl (C=O) groups excluding carboxylic acids is 2. The summed E-state index contributed by atoms with van der Waals surface area (Å²) in [5.41, 5.74) is 1.53. The molecule has 1 amide bonds. The second-order valence-corrected chi connectivity index (χ2v) is 5.68. The van der Waals surface area contributed by atoms with Crippen molar-refractivity contribution in [2.24, 2.45) is 0 Å². The Balaban J connectivity index is 1.67. The maximum Gasteiger partial charge on any atom is 0.220 e. The number of aryl methyl sites for hydroxylation is 1. The number of pyridine rings is 1. The molecule has 6 heteroatoms. The van der Waals surface area contributed by atoms with Crippen LogP contribution < -0.4 is 5.32 Å². The van der Waals surface area contributed by atoms with Crippen LogP contribution in [0.5, 0.6) is 0 Å². The highest BCUT2D eigenvalue weighted by Gasteiger charge is 2.09. The molecule has 0 aliphatic carbocycles. The first-order chi connectivity index (χ1) is 10.1. The van der Waals surface area contributed by atoms with E-state index in [-0.39, 0.29) is 24.5 Å². The van der Waals surface area contributed by atoms with Gasteiger partial charge in [-0.3, -0.25) is 14.6 Å². The van der Waals surface area contributed by atoms with Crippen molar-refractivity contribution >= 4 is 23.0 Å². The number of hydrogen-bond acceptors (Lipinski definition) is 5. The van der Waals surface area contributed by atoms with Crippen molar-refractivity contribution < 1.29 is 9.59 Å². The molecule has 0 saturated carbocycles. The molecule has 0 aromatic carbocycles. The Kier molecular flexibility index (Phi) is 5.57. The maximum absolute atomic E-state index is 11.8. The van der Waals surface area contributed by atoms with Gasteiger partial charge < -0.3 is 5.32 Å². The van der Waals surface area contributed by atoms with Gasteiger partial charge in [-0.1, -0.05) is 0 Å². The molecule has 2 rings (SSSR count). The smallest absolute Gasteiger partial charge is 0.220 e. The number of aromatic nitrogens is 2. The largest absolute Gasteiger partial charge is 0.356 e. The van der Waals surface area contributed by atoms with Gasteiger partial charge in [0.25, 0.3) is 0 Å². The molecule has 0 aliphatic heterocycles. The Hall–Kier alpha value is -2.08. The topological polar surface area (TPSA) is 72.0 Å². The minimum atomic E-state index is -0.112. The van der Waals surface area contributed by atoms with Gasteiger partial charge in [-0.15, -0.1) is 11.3 Å². The zero-order valence-corrected chi connectivity index (χ0v) is 12.7. The molecule has 0 radical (unpaired) electrons. The van der Waals surface area contributed by atoms with E-state index in [1.807, 2.05) is 12.3 Å². The average Bonchev–Trinajstić information content (AvgIpc) is 2.91. The number of rotatable bonds is 7. The summed E-state index contributed by atoms with van der Waals surface area (Å²) in [6.07, 6.45) is 4.25. The van der Waals surface area contributed by atoms with Gasteiger partial charge in [-0.05, 0) is 19.1 Å². The Labute approximate surface area is 127 Å². The number of nitrogens with one attached hydrogen (secondary N) is 1. The van der Waals surface area contributed by atoms with Crippen molar-refractivity contribution in [3.05, 3.63) is 46.2 Å². The predicted molar refractivity (Wildman–Crippen MR) is 81.4 cm³/mol. The van der Waals surface area contributed by atoms with Crippen LogP contribution in [0.25, 0.3) is 0 Å².